The van der Waals surface area contributed by atoms with Crippen LogP contribution in [0.3, 0.4) is 0 Å². The third-order valence-corrected chi connectivity index (χ3v) is 5.27. The number of esters is 1. The summed E-state index contributed by atoms with van der Waals surface area (Å²) in [6.07, 6.45) is 3.34. The molecule has 36 heavy (non-hydrogen) atoms. The molecule has 0 unspecified atom stereocenters. The van der Waals surface area contributed by atoms with Gasteiger partial charge in [-0.15, -0.1) is 0 Å². The minimum Gasteiger partial charge on any atom is -0.494 e. The molecule has 0 saturated carbocycles. The van der Waals surface area contributed by atoms with E-state index in [4.69, 9.17) is 32.7 Å². The molecule has 0 atom stereocenters. The van der Waals surface area contributed by atoms with Gasteiger partial charge >= 0.3 is 17.8 Å². The van der Waals surface area contributed by atoms with Gasteiger partial charge in [-0.05, 0) is 78.7 Å². The topological polar surface area (TPSA) is 106 Å². The van der Waals surface area contributed by atoms with Gasteiger partial charge in [0, 0.05) is 5.02 Å². The molecule has 0 saturated heterocycles. The second-order valence-corrected chi connectivity index (χ2v) is 8.31. The first-order valence-corrected chi connectivity index (χ1v) is 11.8. The van der Waals surface area contributed by atoms with Crippen molar-refractivity contribution in [2.24, 2.45) is 5.10 Å². The predicted octanol–water partition coefficient (Wildman–Crippen LogP) is 5.48. The SMILES string of the molecule is CCCCOc1ccc(C(=O)Oc2ccc(/C=N\NC(=O)C(=O)Nc3cc(Cl)ccc3Cl)cc2)cc1. The zero-order valence-corrected chi connectivity index (χ0v) is 20.8. The molecule has 0 radical (unpaired) electrons. The third kappa shape index (κ3) is 8.11. The number of hydrogen-bond donors (Lipinski definition) is 2. The van der Waals surface area contributed by atoms with E-state index in [9.17, 15) is 14.4 Å². The molecule has 3 rings (SSSR count). The summed E-state index contributed by atoms with van der Waals surface area (Å²) in [4.78, 5) is 36.3. The smallest absolute Gasteiger partial charge is 0.343 e. The van der Waals surface area contributed by atoms with Gasteiger partial charge in [0.2, 0.25) is 0 Å². The summed E-state index contributed by atoms with van der Waals surface area (Å²) in [6.45, 7) is 2.71. The maximum Gasteiger partial charge on any atom is 0.343 e. The van der Waals surface area contributed by atoms with Crippen LogP contribution in [-0.2, 0) is 9.59 Å². The van der Waals surface area contributed by atoms with Gasteiger partial charge in [0.15, 0.2) is 0 Å². The average Bonchev–Trinajstić information content (AvgIpc) is 2.87. The normalized spacial score (nSPS) is 10.6. The van der Waals surface area contributed by atoms with Crippen LogP contribution in [0.4, 0.5) is 5.69 Å². The van der Waals surface area contributed by atoms with E-state index >= 15 is 0 Å². The first-order valence-electron chi connectivity index (χ1n) is 11.0. The Kier molecular flexibility index (Phi) is 9.85. The second kappa shape index (κ2) is 13.3. The van der Waals surface area contributed by atoms with Gasteiger partial charge in [-0.2, -0.15) is 5.10 Å². The summed E-state index contributed by atoms with van der Waals surface area (Å²) in [5, 5.41) is 6.70. The minimum absolute atomic E-state index is 0.203. The fourth-order valence-corrected chi connectivity index (χ4v) is 3.13. The van der Waals surface area contributed by atoms with Gasteiger partial charge in [0.1, 0.15) is 11.5 Å². The van der Waals surface area contributed by atoms with Crippen LogP contribution in [-0.4, -0.2) is 30.6 Å². The Bertz CT molecular complexity index is 1250. The number of amides is 2. The first kappa shape index (κ1) is 26.7. The maximum atomic E-state index is 12.4. The van der Waals surface area contributed by atoms with E-state index in [0.29, 0.717) is 34.3 Å². The van der Waals surface area contributed by atoms with Crippen molar-refractivity contribution < 1.29 is 23.9 Å². The van der Waals surface area contributed by atoms with Crippen LogP contribution >= 0.6 is 23.2 Å². The van der Waals surface area contributed by atoms with Crippen LogP contribution in [0.25, 0.3) is 0 Å². The number of rotatable bonds is 9. The molecular weight excluding hydrogens is 505 g/mol. The van der Waals surface area contributed by atoms with E-state index in [-0.39, 0.29) is 10.7 Å². The highest BCUT2D eigenvalue weighted by molar-refractivity contribution is 6.42. The fraction of sp³-hybridized carbons (Fsp3) is 0.154. The highest BCUT2D eigenvalue weighted by atomic mass is 35.5. The van der Waals surface area contributed by atoms with Gasteiger partial charge < -0.3 is 14.8 Å². The molecule has 0 aromatic heterocycles. The van der Waals surface area contributed by atoms with Gasteiger partial charge in [-0.3, -0.25) is 9.59 Å². The van der Waals surface area contributed by atoms with Crippen molar-refractivity contribution in [2.45, 2.75) is 19.8 Å². The van der Waals surface area contributed by atoms with Crippen molar-refractivity contribution >= 4 is 52.9 Å². The number of unbranched alkanes of at least 4 members (excludes halogenated alkanes) is 1. The molecular formula is C26H23Cl2N3O5. The summed E-state index contributed by atoms with van der Waals surface area (Å²) in [7, 11) is 0. The van der Waals surface area contributed by atoms with Crippen molar-refractivity contribution in [3.8, 4) is 11.5 Å². The third-order valence-electron chi connectivity index (χ3n) is 4.71. The largest absolute Gasteiger partial charge is 0.494 e. The molecule has 0 bridgehead atoms. The van der Waals surface area contributed by atoms with Crippen molar-refractivity contribution in [1.29, 1.82) is 0 Å². The number of carbonyl (C=O) groups is 3. The van der Waals surface area contributed by atoms with Crippen molar-refractivity contribution in [2.75, 3.05) is 11.9 Å². The first-order chi connectivity index (χ1) is 17.4. The number of benzene rings is 3. The van der Waals surface area contributed by atoms with Crippen LogP contribution in [0.1, 0.15) is 35.7 Å². The Balaban J connectivity index is 1.48. The minimum atomic E-state index is -0.991. The Morgan fingerprint density at radius 1 is 0.917 bits per heavy atom. The standard InChI is InChI=1S/C26H23Cl2N3O5/c1-2-3-14-35-20-11-6-18(7-12-20)26(34)36-21-9-4-17(5-10-21)16-29-31-25(33)24(32)30-23-15-19(27)8-13-22(23)28/h4-13,15-16H,2-3,14H2,1H3,(H,30,32)(H,31,33)/b29-16-. The van der Waals surface area contributed by atoms with Crippen LogP contribution in [0.15, 0.2) is 71.8 Å². The molecule has 0 heterocycles. The number of carbonyl (C=O) groups excluding carboxylic acids is 3. The zero-order chi connectivity index (χ0) is 25.9. The average molecular weight is 528 g/mol. The lowest BCUT2D eigenvalue weighted by Crippen LogP contribution is -2.32. The second-order valence-electron chi connectivity index (χ2n) is 7.46. The van der Waals surface area contributed by atoms with Crippen LogP contribution in [0.5, 0.6) is 11.5 Å². The summed E-state index contributed by atoms with van der Waals surface area (Å²) in [5.74, 6) is -1.42. The Labute approximate surface area is 218 Å². The lowest BCUT2D eigenvalue weighted by atomic mass is 10.2. The molecule has 2 N–H and O–H groups in total. The van der Waals surface area contributed by atoms with Gasteiger partial charge in [-0.1, -0.05) is 36.5 Å². The zero-order valence-electron chi connectivity index (χ0n) is 19.3. The van der Waals surface area contributed by atoms with Gasteiger partial charge in [0.25, 0.3) is 0 Å². The van der Waals surface area contributed by atoms with E-state index in [2.05, 4.69) is 22.8 Å². The number of nitrogens with zero attached hydrogens (tertiary/aromatic N) is 1. The molecule has 3 aromatic carbocycles. The Morgan fingerprint density at radius 2 is 1.61 bits per heavy atom. The lowest BCUT2D eigenvalue weighted by Gasteiger charge is -2.07. The summed E-state index contributed by atoms with van der Waals surface area (Å²) in [5.41, 5.74) is 3.32. The lowest BCUT2D eigenvalue weighted by molar-refractivity contribution is -0.136. The maximum absolute atomic E-state index is 12.4. The van der Waals surface area contributed by atoms with E-state index in [0.717, 1.165) is 12.8 Å². The molecule has 0 aliphatic rings. The van der Waals surface area contributed by atoms with E-state index < -0.39 is 17.8 Å². The summed E-state index contributed by atoms with van der Waals surface area (Å²) >= 11 is 11.8. The fourth-order valence-electron chi connectivity index (χ4n) is 2.80. The number of anilines is 1. The predicted molar refractivity (Wildman–Crippen MR) is 139 cm³/mol. The van der Waals surface area contributed by atoms with Crippen molar-refractivity contribution in [3.63, 3.8) is 0 Å². The molecule has 0 spiro atoms. The molecule has 8 nitrogen and oxygen atoms in total. The molecule has 2 amide bonds. The number of hydrogen-bond acceptors (Lipinski definition) is 6. The summed E-state index contributed by atoms with van der Waals surface area (Å²) < 4.78 is 11.0. The molecule has 10 heteroatoms. The monoisotopic (exact) mass is 527 g/mol. The molecule has 0 aliphatic carbocycles. The summed E-state index contributed by atoms with van der Waals surface area (Å²) in [6, 6.07) is 17.6. The highest BCUT2D eigenvalue weighted by Crippen LogP contribution is 2.25. The number of hydrazone groups is 1. The van der Waals surface area contributed by atoms with Crippen LogP contribution in [0, 0.1) is 0 Å². The van der Waals surface area contributed by atoms with Gasteiger partial charge in [-0.25, -0.2) is 10.2 Å². The number of ether oxygens (including phenoxy) is 2. The highest BCUT2D eigenvalue weighted by Gasteiger charge is 2.15. The number of nitrogens with one attached hydrogen (secondary N) is 2. The molecule has 0 fully saturated rings. The van der Waals surface area contributed by atoms with Crippen molar-refractivity contribution in [1.82, 2.24) is 5.43 Å². The van der Waals surface area contributed by atoms with E-state index in [1.807, 2.05) is 0 Å². The van der Waals surface area contributed by atoms with E-state index in [1.54, 1.807) is 54.6 Å². The van der Waals surface area contributed by atoms with Gasteiger partial charge in [0.05, 0.1) is 29.1 Å². The quantitative estimate of drug-likeness (QED) is 0.0956. The van der Waals surface area contributed by atoms with Crippen molar-refractivity contribution in [3.05, 3.63) is 87.9 Å². The molecule has 186 valence electrons. The molecule has 0 aliphatic heterocycles. The van der Waals surface area contributed by atoms with Crippen LogP contribution in [0.2, 0.25) is 10.0 Å². The number of halogens is 2. The van der Waals surface area contributed by atoms with E-state index in [1.165, 1.54) is 18.3 Å². The molecule has 3 aromatic rings. The Morgan fingerprint density at radius 3 is 2.31 bits per heavy atom. The van der Waals surface area contributed by atoms with Crippen LogP contribution < -0.4 is 20.2 Å². The Hall–Kier alpha value is -3.88.